The van der Waals surface area contributed by atoms with Crippen molar-refractivity contribution in [2.45, 2.75) is 6.54 Å². The number of rotatable bonds is 0. The van der Waals surface area contributed by atoms with Crippen molar-refractivity contribution in [3.8, 4) is 0 Å². The second-order valence-corrected chi connectivity index (χ2v) is 3.59. The van der Waals surface area contributed by atoms with Crippen molar-refractivity contribution in [3.63, 3.8) is 0 Å². The number of hydrogen-bond donors (Lipinski definition) is 4. The summed E-state index contributed by atoms with van der Waals surface area (Å²) in [5, 5.41) is 1.60. The number of hydrogen-bond acceptors (Lipinski definition) is 5. The van der Waals surface area contributed by atoms with Crippen LogP contribution in [0.5, 0.6) is 0 Å². The Balaban J connectivity index is 0.000000195. The molecule has 0 spiro atoms. The van der Waals surface area contributed by atoms with E-state index in [-0.39, 0.29) is 0 Å². The summed E-state index contributed by atoms with van der Waals surface area (Å²) in [7, 11) is -4.67. The summed E-state index contributed by atoms with van der Waals surface area (Å²) in [6, 6.07) is 0. The Kier molecular flexibility index (Phi) is 3.42. The maximum atomic E-state index is 8.74. The van der Waals surface area contributed by atoms with Crippen molar-refractivity contribution in [2.75, 3.05) is 0 Å². The van der Waals surface area contributed by atoms with E-state index in [9.17, 15) is 0 Å². The zero-order valence-electron chi connectivity index (χ0n) is 7.53. The van der Waals surface area contributed by atoms with E-state index in [2.05, 4.69) is 9.97 Å². The number of fused-ring (bicyclic) bond motifs is 1. The van der Waals surface area contributed by atoms with Gasteiger partial charge in [0.05, 0.1) is 24.3 Å². The zero-order chi connectivity index (χ0) is 11.5. The Labute approximate surface area is 86.0 Å². The van der Waals surface area contributed by atoms with E-state index in [4.69, 9.17) is 23.4 Å². The summed E-state index contributed by atoms with van der Waals surface area (Å²) >= 11 is 0. The fourth-order valence-electron chi connectivity index (χ4n) is 0.999. The molecule has 2 heterocycles. The molecule has 0 saturated heterocycles. The minimum atomic E-state index is -4.67. The summed E-state index contributed by atoms with van der Waals surface area (Å²) in [5.74, 6) is 5.50. The van der Waals surface area contributed by atoms with Gasteiger partial charge in [-0.05, 0) is 6.08 Å². The zero-order valence-corrected chi connectivity index (χ0v) is 8.35. The largest absolute Gasteiger partial charge is 0.394 e. The van der Waals surface area contributed by atoms with Crippen LogP contribution in [0.2, 0.25) is 0 Å². The molecule has 0 bridgehead atoms. The normalized spacial score (nSPS) is 14.2. The molecule has 1 aliphatic heterocycles. The third-order valence-corrected chi connectivity index (χ3v) is 1.52. The lowest BCUT2D eigenvalue weighted by Crippen LogP contribution is -2.26. The average molecular weight is 234 g/mol. The van der Waals surface area contributed by atoms with Gasteiger partial charge in [0.15, 0.2) is 0 Å². The van der Waals surface area contributed by atoms with Gasteiger partial charge in [-0.1, -0.05) is 0 Å². The molecule has 0 radical (unpaired) electrons. The first-order chi connectivity index (χ1) is 6.86. The van der Waals surface area contributed by atoms with E-state index in [1.54, 1.807) is 11.3 Å². The van der Waals surface area contributed by atoms with Gasteiger partial charge in [0.1, 0.15) is 0 Å². The SMILES string of the molecule is NN1C=Cc2[nH]cnc2C1.O=S(=O)(O)O. The van der Waals surface area contributed by atoms with Crippen molar-refractivity contribution in [3.05, 3.63) is 23.9 Å². The van der Waals surface area contributed by atoms with Gasteiger partial charge in [-0.2, -0.15) is 8.42 Å². The van der Waals surface area contributed by atoms with Crippen LogP contribution in [0.4, 0.5) is 0 Å². The number of H-pyrrole nitrogens is 1. The third kappa shape index (κ3) is 4.56. The molecule has 0 unspecified atom stereocenters. The molecule has 0 atom stereocenters. The third-order valence-electron chi connectivity index (χ3n) is 1.52. The second kappa shape index (κ2) is 4.40. The van der Waals surface area contributed by atoms with Gasteiger partial charge in [0.2, 0.25) is 0 Å². The molecular weight excluding hydrogens is 224 g/mol. The van der Waals surface area contributed by atoms with Gasteiger partial charge in [-0.25, -0.2) is 10.8 Å². The summed E-state index contributed by atoms with van der Waals surface area (Å²) in [6.45, 7) is 0.690. The summed E-state index contributed by atoms with van der Waals surface area (Å²) in [6.07, 6.45) is 5.40. The van der Waals surface area contributed by atoms with Gasteiger partial charge < -0.3 is 9.99 Å². The fourth-order valence-corrected chi connectivity index (χ4v) is 0.999. The molecule has 0 amide bonds. The summed E-state index contributed by atoms with van der Waals surface area (Å²) < 4.78 is 31.6. The monoisotopic (exact) mass is 234 g/mol. The van der Waals surface area contributed by atoms with E-state index < -0.39 is 10.4 Å². The molecule has 1 aromatic rings. The molecule has 84 valence electrons. The Morgan fingerprint density at radius 3 is 2.73 bits per heavy atom. The van der Waals surface area contributed by atoms with Crippen LogP contribution in [0.15, 0.2) is 12.5 Å². The Bertz CT molecular complexity index is 443. The molecule has 1 aromatic heterocycles. The number of aromatic nitrogens is 2. The highest BCUT2D eigenvalue weighted by atomic mass is 32.3. The van der Waals surface area contributed by atoms with Crippen molar-refractivity contribution < 1.29 is 17.5 Å². The maximum absolute atomic E-state index is 8.74. The van der Waals surface area contributed by atoms with E-state index >= 15 is 0 Å². The molecule has 1 aliphatic rings. The highest BCUT2D eigenvalue weighted by Crippen LogP contribution is 2.11. The van der Waals surface area contributed by atoms with Crippen LogP contribution in [0.25, 0.3) is 6.08 Å². The number of nitrogens with two attached hydrogens (primary N) is 1. The minimum Gasteiger partial charge on any atom is -0.345 e. The topological polar surface area (TPSA) is 133 Å². The smallest absolute Gasteiger partial charge is 0.345 e. The van der Waals surface area contributed by atoms with Gasteiger partial charge in [0, 0.05) is 6.20 Å². The molecular formula is C6H10N4O4S. The van der Waals surface area contributed by atoms with Crippen LogP contribution in [0.1, 0.15) is 11.4 Å². The average Bonchev–Trinajstić information content (AvgIpc) is 2.47. The second-order valence-electron chi connectivity index (χ2n) is 2.70. The number of aromatic amines is 1. The highest BCUT2D eigenvalue weighted by Gasteiger charge is 2.08. The van der Waals surface area contributed by atoms with Gasteiger partial charge in [-0.15, -0.1) is 0 Å². The first-order valence-electron chi connectivity index (χ1n) is 3.78. The number of imidazole rings is 1. The molecule has 15 heavy (non-hydrogen) atoms. The lowest BCUT2D eigenvalue weighted by atomic mass is 10.2. The maximum Gasteiger partial charge on any atom is 0.394 e. The number of nitrogens with zero attached hydrogens (tertiary/aromatic N) is 2. The van der Waals surface area contributed by atoms with Crippen molar-refractivity contribution in [1.29, 1.82) is 0 Å². The molecule has 0 aliphatic carbocycles. The predicted octanol–water partition coefficient (Wildman–Crippen LogP) is -0.583. The van der Waals surface area contributed by atoms with Gasteiger partial charge >= 0.3 is 10.4 Å². The van der Waals surface area contributed by atoms with E-state index in [1.165, 1.54) is 0 Å². The van der Waals surface area contributed by atoms with E-state index in [0.717, 1.165) is 11.4 Å². The fraction of sp³-hybridized carbons (Fsp3) is 0.167. The van der Waals surface area contributed by atoms with Crippen LogP contribution in [-0.2, 0) is 16.9 Å². The van der Waals surface area contributed by atoms with Crippen molar-refractivity contribution in [1.82, 2.24) is 15.0 Å². The summed E-state index contributed by atoms with van der Waals surface area (Å²) in [5.41, 5.74) is 2.06. The molecule has 8 nitrogen and oxygen atoms in total. The predicted molar refractivity (Wildman–Crippen MR) is 51.5 cm³/mol. The highest BCUT2D eigenvalue weighted by molar-refractivity contribution is 7.79. The van der Waals surface area contributed by atoms with Crippen LogP contribution in [-0.4, -0.2) is 32.5 Å². The number of hydrazine groups is 1. The molecule has 0 saturated carbocycles. The van der Waals surface area contributed by atoms with Crippen LogP contribution in [0.3, 0.4) is 0 Å². The molecule has 0 fully saturated rings. The Hall–Kier alpha value is -1.42. The Morgan fingerprint density at radius 2 is 2.13 bits per heavy atom. The van der Waals surface area contributed by atoms with E-state index in [1.807, 2.05) is 12.3 Å². The number of nitrogens with one attached hydrogen (secondary N) is 1. The van der Waals surface area contributed by atoms with Gasteiger partial charge in [0.25, 0.3) is 0 Å². The first kappa shape index (κ1) is 11.7. The van der Waals surface area contributed by atoms with E-state index in [0.29, 0.717) is 6.54 Å². The standard InChI is InChI=1S/C6H8N4.H2O4S/c7-10-2-1-5-6(3-10)9-4-8-5;1-5(2,3)4/h1-2,4H,3,7H2,(H,8,9);(H2,1,2,3,4). The van der Waals surface area contributed by atoms with Crippen LogP contribution < -0.4 is 5.84 Å². The lowest BCUT2D eigenvalue weighted by Gasteiger charge is -2.15. The summed E-state index contributed by atoms with van der Waals surface area (Å²) in [4.78, 5) is 7.08. The van der Waals surface area contributed by atoms with Crippen molar-refractivity contribution >= 4 is 16.5 Å². The molecule has 9 heteroatoms. The minimum absolute atomic E-state index is 0.690. The van der Waals surface area contributed by atoms with Crippen molar-refractivity contribution in [2.24, 2.45) is 5.84 Å². The van der Waals surface area contributed by atoms with Crippen LogP contribution in [0, 0.1) is 0 Å². The van der Waals surface area contributed by atoms with Crippen LogP contribution >= 0.6 is 0 Å². The quantitative estimate of drug-likeness (QED) is 0.348. The molecule has 2 rings (SSSR count). The molecule has 5 N–H and O–H groups in total. The van der Waals surface area contributed by atoms with Gasteiger partial charge in [-0.3, -0.25) is 9.11 Å². The Morgan fingerprint density at radius 1 is 1.53 bits per heavy atom. The lowest BCUT2D eigenvalue weighted by molar-refractivity contribution is 0.379. The molecule has 0 aromatic carbocycles. The first-order valence-corrected chi connectivity index (χ1v) is 5.17.